The molecule has 0 N–H and O–H groups in total. The van der Waals surface area contributed by atoms with Crippen molar-refractivity contribution in [1.29, 1.82) is 0 Å². The van der Waals surface area contributed by atoms with Crippen LogP contribution in [-0.4, -0.2) is 0 Å². The van der Waals surface area contributed by atoms with Gasteiger partial charge < -0.3 is 0 Å². The molecule has 4 aromatic rings. The first-order chi connectivity index (χ1) is 14.1. The van der Waals surface area contributed by atoms with Crippen molar-refractivity contribution in [2.24, 2.45) is 0 Å². The summed E-state index contributed by atoms with van der Waals surface area (Å²) in [4.78, 5) is 0. The number of hydrogen-bond acceptors (Lipinski definition) is 0. The molecular formula is C27H24ClP. The Morgan fingerprint density at radius 1 is 0.586 bits per heavy atom. The van der Waals surface area contributed by atoms with Crippen molar-refractivity contribution in [1.82, 2.24) is 0 Å². The zero-order chi connectivity index (χ0) is 20.2. The van der Waals surface area contributed by atoms with Gasteiger partial charge in [-0.1, -0.05) is 0 Å². The second kappa shape index (κ2) is 7.99. The summed E-state index contributed by atoms with van der Waals surface area (Å²) in [5.41, 5.74) is 2.34. The fourth-order valence-corrected chi connectivity index (χ4v) is 10.2. The molecule has 0 unspecified atom stereocenters. The summed E-state index contributed by atoms with van der Waals surface area (Å²) in [7, 11) is 0. The number of halogens is 1. The molecule has 0 aliphatic rings. The monoisotopic (exact) mass is 414 g/mol. The van der Waals surface area contributed by atoms with Crippen LogP contribution < -0.4 is 15.9 Å². The zero-order valence-corrected chi connectivity index (χ0v) is 17.9. The van der Waals surface area contributed by atoms with Crippen molar-refractivity contribution in [3.63, 3.8) is 0 Å². The van der Waals surface area contributed by atoms with Gasteiger partial charge in [-0.15, -0.1) is 0 Å². The molecule has 0 aromatic heterocycles. The first kappa shape index (κ1) is 19.6. The van der Waals surface area contributed by atoms with E-state index in [9.17, 15) is 0 Å². The van der Waals surface area contributed by atoms with E-state index in [1.807, 2.05) is 6.08 Å². The van der Waals surface area contributed by atoms with Crippen LogP contribution in [0.3, 0.4) is 0 Å². The minimum atomic E-state index is -3.26. The van der Waals surface area contributed by atoms with Crippen LogP contribution in [0.15, 0.2) is 122 Å². The van der Waals surface area contributed by atoms with Gasteiger partial charge in [-0.05, 0) is 0 Å². The summed E-state index contributed by atoms with van der Waals surface area (Å²) in [5.74, 6) is -3.26. The Balaban J connectivity index is 2.04. The molecule has 29 heavy (non-hydrogen) atoms. The van der Waals surface area contributed by atoms with Crippen LogP contribution in [0.2, 0.25) is 0 Å². The van der Waals surface area contributed by atoms with E-state index in [1.54, 1.807) is 0 Å². The van der Waals surface area contributed by atoms with E-state index in [4.69, 9.17) is 11.2 Å². The summed E-state index contributed by atoms with van der Waals surface area (Å²) in [6.45, 7) is 3.87. The van der Waals surface area contributed by atoms with Crippen LogP contribution in [0, 0.1) is 0 Å². The maximum absolute atomic E-state index is 8.09. The fraction of sp³-hybridized carbons (Fsp3) is 0.0370. The molecule has 4 aromatic carbocycles. The second-order valence-corrected chi connectivity index (χ2v) is 13.8. The van der Waals surface area contributed by atoms with Gasteiger partial charge in [-0.2, -0.15) is 0 Å². The molecule has 0 saturated heterocycles. The molecule has 0 spiro atoms. The van der Waals surface area contributed by atoms with E-state index in [-0.39, 0.29) is 0 Å². The molecule has 0 nitrogen and oxygen atoms in total. The molecule has 0 amide bonds. The fourth-order valence-electron chi connectivity index (χ4n) is 4.04. The predicted octanol–water partition coefficient (Wildman–Crippen LogP) is 6.51. The molecule has 0 aliphatic heterocycles. The van der Waals surface area contributed by atoms with Crippen molar-refractivity contribution in [3.8, 4) is 0 Å². The summed E-state index contributed by atoms with van der Waals surface area (Å²) in [6, 6.07) is 40.4. The van der Waals surface area contributed by atoms with E-state index in [0.717, 1.165) is 11.7 Å². The minimum absolute atomic E-state index is 0.753. The third-order valence-corrected chi connectivity index (χ3v) is 12.8. The van der Waals surface area contributed by atoms with E-state index in [1.165, 1.54) is 21.5 Å². The summed E-state index contributed by atoms with van der Waals surface area (Å²) < 4.78 is 0. The average molecular weight is 415 g/mol. The van der Waals surface area contributed by atoms with Gasteiger partial charge in [0.05, 0.1) is 0 Å². The van der Waals surface area contributed by atoms with E-state index < -0.39 is 5.96 Å². The van der Waals surface area contributed by atoms with Crippen LogP contribution >= 0.6 is 17.2 Å². The Labute approximate surface area is 178 Å². The quantitative estimate of drug-likeness (QED) is 0.315. The average Bonchev–Trinajstić information content (AvgIpc) is 2.81. The van der Waals surface area contributed by atoms with Crippen LogP contribution in [0.4, 0.5) is 0 Å². The summed E-state index contributed by atoms with van der Waals surface area (Å²) >= 11 is 8.09. The third-order valence-electron chi connectivity index (χ3n) is 5.58. The maximum atomic E-state index is 8.09. The first-order valence-corrected chi connectivity index (χ1v) is 13.1. The van der Waals surface area contributed by atoms with Crippen molar-refractivity contribution in [2.75, 3.05) is 0 Å². The molecule has 0 atom stereocenters. The van der Waals surface area contributed by atoms with Crippen LogP contribution in [0.5, 0.6) is 0 Å². The topological polar surface area (TPSA) is 0 Å². The van der Waals surface area contributed by atoms with Gasteiger partial charge in [-0.25, -0.2) is 0 Å². The van der Waals surface area contributed by atoms with Crippen LogP contribution in [0.25, 0.3) is 6.08 Å². The van der Waals surface area contributed by atoms with Crippen LogP contribution in [0.1, 0.15) is 11.1 Å². The third kappa shape index (κ3) is 3.44. The molecule has 0 radical (unpaired) electrons. The van der Waals surface area contributed by atoms with Gasteiger partial charge in [-0.3, -0.25) is 0 Å². The van der Waals surface area contributed by atoms with Gasteiger partial charge >= 0.3 is 178 Å². The van der Waals surface area contributed by atoms with Crippen molar-refractivity contribution < 1.29 is 0 Å². The molecule has 144 valence electrons. The van der Waals surface area contributed by atoms with E-state index in [0.29, 0.717) is 0 Å². The Kier molecular flexibility index (Phi) is 5.41. The predicted molar refractivity (Wildman–Crippen MR) is 131 cm³/mol. The summed E-state index contributed by atoms with van der Waals surface area (Å²) in [5, 5.41) is 3.56. The van der Waals surface area contributed by atoms with Crippen LogP contribution in [-0.2, 0) is 6.16 Å². The SMILES string of the molecule is C=Cc1ccc(CP(Cl)(c2ccccc2)(c2ccccc2)c2ccccc2)cc1. The van der Waals surface area contributed by atoms with Crippen molar-refractivity contribution in [3.05, 3.63) is 133 Å². The summed E-state index contributed by atoms with van der Waals surface area (Å²) in [6.07, 6.45) is 2.62. The van der Waals surface area contributed by atoms with Gasteiger partial charge in [0.1, 0.15) is 0 Å². The van der Waals surface area contributed by atoms with Gasteiger partial charge in [0.25, 0.3) is 0 Å². The molecule has 4 rings (SSSR count). The molecule has 0 fully saturated rings. The Morgan fingerprint density at radius 2 is 0.966 bits per heavy atom. The molecular weight excluding hydrogens is 391 g/mol. The second-order valence-electron chi connectivity index (χ2n) is 7.29. The van der Waals surface area contributed by atoms with Gasteiger partial charge in [0, 0.05) is 0 Å². The molecule has 0 heterocycles. The number of benzene rings is 4. The standard InChI is InChI=1S/C27H24ClP/c1-2-23-18-20-24(21-19-23)22-29(28,25-12-6-3-7-13-25,26-14-8-4-9-15-26)27-16-10-5-11-17-27/h2-21H,1,22H2. The number of hydrogen-bond donors (Lipinski definition) is 0. The normalized spacial score (nSPS) is 12.7. The first-order valence-electron chi connectivity index (χ1n) is 9.76. The van der Waals surface area contributed by atoms with Gasteiger partial charge in [0.2, 0.25) is 0 Å². The zero-order valence-electron chi connectivity index (χ0n) is 16.3. The van der Waals surface area contributed by atoms with E-state index >= 15 is 0 Å². The van der Waals surface area contributed by atoms with Crippen molar-refractivity contribution in [2.45, 2.75) is 6.16 Å². The Bertz CT molecular complexity index is 988. The molecule has 0 aliphatic carbocycles. The van der Waals surface area contributed by atoms with Crippen molar-refractivity contribution >= 4 is 39.2 Å². The molecule has 0 saturated carbocycles. The molecule has 2 heteroatoms. The van der Waals surface area contributed by atoms with E-state index in [2.05, 4.69) is 122 Å². The molecule has 0 bridgehead atoms. The number of rotatable bonds is 6. The van der Waals surface area contributed by atoms with Gasteiger partial charge in [0.15, 0.2) is 0 Å². The Morgan fingerprint density at radius 3 is 1.31 bits per heavy atom. The Hall–Kier alpha value is -2.66.